The molecule has 6 heteroatoms. The first-order valence-corrected chi connectivity index (χ1v) is 9.13. The smallest absolute Gasteiger partial charge is 0.251 e. The van der Waals surface area contributed by atoms with E-state index in [1.54, 1.807) is 6.20 Å². The number of likely N-dealkylation sites (tertiary alicyclic amines) is 1. The molecule has 1 saturated heterocycles. The van der Waals surface area contributed by atoms with E-state index >= 15 is 0 Å². The lowest BCUT2D eigenvalue weighted by molar-refractivity contribution is 0.0949. The highest BCUT2D eigenvalue weighted by molar-refractivity contribution is 5.94. The number of benzene rings is 1. The summed E-state index contributed by atoms with van der Waals surface area (Å²) in [6.07, 6.45) is 4.29. The van der Waals surface area contributed by atoms with Gasteiger partial charge in [-0.3, -0.25) is 9.36 Å². The first-order valence-electron chi connectivity index (χ1n) is 9.13. The molecule has 26 heavy (non-hydrogen) atoms. The molecule has 6 nitrogen and oxygen atoms in total. The predicted molar refractivity (Wildman–Crippen MR) is 102 cm³/mol. The largest absolute Gasteiger partial charge is 0.351 e. The summed E-state index contributed by atoms with van der Waals surface area (Å²) < 4.78 is 1.98. The number of imidazole rings is 1. The minimum absolute atomic E-state index is 0.0407. The molecule has 2 aromatic heterocycles. The number of hydrogen-bond donors (Lipinski definition) is 1. The van der Waals surface area contributed by atoms with Crippen LogP contribution in [0.25, 0.3) is 16.9 Å². The quantitative estimate of drug-likeness (QED) is 0.769. The van der Waals surface area contributed by atoms with Crippen molar-refractivity contribution >= 4 is 17.1 Å². The number of amides is 1. The maximum absolute atomic E-state index is 12.5. The first kappa shape index (κ1) is 16.7. The summed E-state index contributed by atoms with van der Waals surface area (Å²) in [5, 5.41) is 3.03. The summed E-state index contributed by atoms with van der Waals surface area (Å²) in [4.78, 5) is 23.9. The molecule has 0 aliphatic carbocycles. The molecule has 0 saturated carbocycles. The maximum atomic E-state index is 12.5. The van der Waals surface area contributed by atoms with Crippen LogP contribution in [0.2, 0.25) is 0 Å². The molecule has 1 N–H and O–H groups in total. The monoisotopic (exact) mass is 349 g/mol. The van der Waals surface area contributed by atoms with Gasteiger partial charge in [-0.25, -0.2) is 9.97 Å². The van der Waals surface area contributed by atoms with Crippen molar-refractivity contribution in [1.29, 1.82) is 0 Å². The van der Waals surface area contributed by atoms with Gasteiger partial charge in [-0.05, 0) is 63.2 Å². The Morgan fingerprint density at radius 3 is 2.88 bits per heavy atom. The molecule has 1 fully saturated rings. The number of nitrogens with one attached hydrogen (secondary N) is 1. The van der Waals surface area contributed by atoms with Crippen LogP contribution in [0.15, 0.2) is 42.6 Å². The Balaban J connectivity index is 1.52. The van der Waals surface area contributed by atoms with E-state index in [2.05, 4.69) is 20.2 Å². The number of carbonyl (C=O) groups excluding carboxylic acids is 1. The van der Waals surface area contributed by atoms with Crippen LogP contribution in [-0.4, -0.2) is 51.5 Å². The Kier molecular flexibility index (Phi) is 4.67. The van der Waals surface area contributed by atoms with Gasteiger partial charge in [-0.1, -0.05) is 6.07 Å². The highest BCUT2D eigenvalue weighted by Gasteiger charge is 2.14. The zero-order valence-electron chi connectivity index (χ0n) is 15.0. The van der Waals surface area contributed by atoms with E-state index in [4.69, 9.17) is 0 Å². The molecule has 4 rings (SSSR count). The van der Waals surface area contributed by atoms with Crippen LogP contribution in [0.4, 0.5) is 0 Å². The molecular formula is C20H23N5O. The van der Waals surface area contributed by atoms with Crippen LogP contribution in [0.3, 0.4) is 0 Å². The van der Waals surface area contributed by atoms with Gasteiger partial charge in [-0.15, -0.1) is 0 Å². The van der Waals surface area contributed by atoms with Gasteiger partial charge in [0.05, 0.1) is 0 Å². The van der Waals surface area contributed by atoms with Gasteiger partial charge in [0.15, 0.2) is 5.65 Å². The lowest BCUT2D eigenvalue weighted by Crippen LogP contribution is -2.33. The van der Waals surface area contributed by atoms with Crippen molar-refractivity contribution in [1.82, 2.24) is 24.8 Å². The third kappa shape index (κ3) is 3.32. The van der Waals surface area contributed by atoms with Gasteiger partial charge in [0.25, 0.3) is 5.91 Å². The van der Waals surface area contributed by atoms with Gasteiger partial charge in [0.2, 0.25) is 0 Å². The summed E-state index contributed by atoms with van der Waals surface area (Å²) in [7, 11) is 0. The fourth-order valence-electron chi connectivity index (χ4n) is 3.56. The minimum Gasteiger partial charge on any atom is -0.351 e. The lowest BCUT2D eigenvalue weighted by Gasteiger charge is -2.15. The van der Waals surface area contributed by atoms with E-state index in [0.717, 1.165) is 42.3 Å². The standard InChI is InChI=1S/C20H23N5O/c1-15-23-18-8-5-9-21-19(18)25(15)17-7-4-6-16(14-17)20(26)22-10-13-24-11-2-3-12-24/h4-9,14H,2-3,10-13H2,1H3,(H,22,26). The van der Waals surface area contributed by atoms with Gasteiger partial charge in [0.1, 0.15) is 11.3 Å². The van der Waals surface area contributed by atoms with E-state index in [-0.39, 0.29) is 5.91 Å². The zero-order chi connectivity index (χ0) is 17.9. The van der Waals surface area contributed by atoms with Crippen molar-refractivity contribution in [3.05, 3.63) is 54.0 Å². The summed E-state index contributed by atoms with van der Waals surface area (Å²) in [6, 6.07) is 11.4. The third-order valence-electron chi connectivity index (χ3n) is 4.86. The van der Waals surface area contributed by atoms with Crippen LogP contribution in [-0.2, 0) is 0 Å². The normalized spacial score (nSPS) is 14.8. The molecule has 3 heterocycles. The maximum Gasteiger partial charge on any atom is 0.251 e. The average Bonchev–Trinajstić information content (AvgIpc) is 3.28. The van der Waals surface area contributed by atoms with E-state index < -0.39 is 0 Å². The minimum atomic E-state index is -0.0407. The van der Waals surface area contributed by atoms with Crippen molar-refractivity contribution in [3.63, 3.8) is 0 Å². The summed E-state index contributed by atoms with van der Waals surface area (Å²) >= 11 is 0. The van der Waals surface area contributed by atoms with E-state index in [0.29, 0.717) is 12.1 Å². The van der Waals surface area contributed by atoms with Crippen molar-refractivity contribution < 1.29 is 4.79 Å². The molecule has 1 aliphatic rings. The summed E-state index contributed by atoms with van der Waals surface area (Å²) in [5.41, 5.74) is 3.21. The van der Waals surface area contributed by atoms with Gasteiger partial charge < -0.3 is 10.2 Å². The number of pyridine rings is 1. The number of hydrogen-bond acceptors (Lipinski definition) is 4. The summed E-state index contributed by atoms with van der Waals surface area (Å²) in [6.45, 7) is 5.83. The molecule has 0 spiro atoms. The van der Waals surface area contributed by atoms with Crippen LogP contribution >= 0.6 is 0 Å². The van der Waals surface area contributed by atoms with Gasteiger partial charge in [0, 0.05) is 30.5 Å². The van der Waals surface area contributed by atoms with Crippen LogP contribution < -0.4 is 5.32 Å². The molecule has 3 aromatic rings. The van der Waals surface area contributed by atoms with Gasteiger partial charge >= 0.3 is 0 Å². The van der Waals surface area contributed by atoms with Gasteiger partial charge in [-0.2, -0.15) is 0 Å². The number of aromatic nitrogens is 3. The number of fused-ring (bicyclic) bond motifs is 1. The van der Waals surface area contributed by atoms with Crippen LogP contribution in [0.5, 0.6) is 0 Å². The number of rotatable bonds is 5. The highest BCUT2D eigenvalue weighted by Crippen LogP contribution is 2.20. The number of nitrogens with zero attached hydrogens (tertiary/aromatic N) is 4. The Labute approximate surface area is 152 Å². The van der Waals surface area contributed by atoms with Crippen LogP contribution in [0.1, 0.15) is 29.0 Å². The summed E-state index contributed by atoms with van der Waals surface area (Å²) in [5.74, 6) is 0.811. The van der Waals surface area contributed by atoms with Crippen molar-refractivity contribution in [2.24, 2.45) is 0 Å². The molecular weight excluding hydrogens is 326 g/mol. The molecule has 1 aromatic carbocycles. The molecule has 134 valence electrons. The molecule has 1 amide bonds. The number of aryl methyl sites for hydroxylation is 1. The fraction of sp³-hybridized carbons (Fsp3) is 0.350. The van der Waals surface area contributed by atoms with E-state index in [9.17, 15) is 4.79 Å². The number of carbonyl (C=O) groups is 1. The highest BCUT2D eigenvalue weighted by atomic mass is 16.1. The predicted octanol–water partition coefficient (Wildman–Crippen LogP) is 2.55. The lowest BCUT2D eigenvalue weighted by atomic mass is 10.2. The van der Waals surface area contributed by atoms with Crippen molar-refractivity contribution in [3.8, 4) is 5.69 Å². The second-order valence-corrected chi connectivity index (χ2v) is 6.70. The van der Waals surface area contributed by atoms with E-state index in [1.807, 2.05) is 47.9 Å². The SMILES string of the molecule is Cc1nc2cccnc2n1-c1cccc(C(=O)NCCN2CCCC2)c1. The van der Waals surface area contributed by atoms with Crippen LogP contribution in [0, 0.1) is 6.92 Å². The fourth-order valence-corrected chi connectivity index (χ4v) is 3.56. The zero-order valence-corrected chi connectivity index (χ0v) is 15.0. The van der Waals surface area contributed by atoms with Crippen molar-refractivity contribution in [2.45, 2.75) is 19.8 Å². The average molecular weight is 349 g/mol. The second kappa shape index (κ2) is 7.25. The van der Waals surface area contributed by atoms with E-state index in [1.165, 1.54) is 12.8 Å². The van der Waals surface area contributed by atoms with Crippen molar-refractivity contribution in [2.75, 3.05) is 26.2 Å². The Hall–Kier alpha value is -2.73. The first-order chi connectivity index (χ1) is 12.7. The molecule has 0 bridgehead atoms. The molecule has 1 aliphatic heterocycles. The molecule has 0 atom stereocenters. The Bertz CT molecular complexity index is 927. The second-order valence-electron chi connectivity index (χ2n) is 6.70. The molecule has 0 radical (unpaired) electrons. The topological polar surface area (TPSA) is 63.1 Å². The molecule has 0 unspecified atom stereocenters. The Morgan fingerprint density at radius 1 is 1.19 bits per heavy atom. The third-order valence-corrected chi connectivity index (χ3v) is 4.86. The Morgan fingerprint density at radius 2 is 2.04 bits per heavy atom.